The van der Waals surface area contributed by atoms with Crippen LogP contribution in [0.5, 0.6) is 0 Å². The molecule has 102 valence electrons. The minimum absolute atomic E-state index is 0.0489. The summed E-state index contributed by atoms with van der Waals surface area (Å²) in [5.74, 6) is 0.0489. The van der Waals surface area contributed by atoms with Gasteiger partial charge in [0.15, 0.2) is 0 Å². The molecule has 0 aliphatic heterocycles. The third-order valence-corrected chi connectivity index (χ3v) is 4.82. The Kier molecular flexibility index (Phi) is 6.91. The van der Waals surface area contributed by atoms with Gasteiger partial charge in [-0.1, -0.05) is 13.0 Å². The van der Waals surface area contributed by atoms with Crippen LogP contribution in [0, 0.1) is 0 Å². The first-order valence-corrected chi connectivity index (χ1v) is 8.76. The first kappa shape index (κ1) is 16.6. The summed E-state index contributed by atoms with van der Waals surface area (Å²) in [7, 11) is -6.61. The molecule has 0 saturated carbocycles. The summed E-state index contributed by atoms with van der Waals surface area (Å²) in [5.41, 5.74) is 0. The summed E-state index contributed by atoms with van der Waals surface area (Å²) >= 11 is 0. The molecule has 0 fully saturated rings. The second kappa shape index (κ2) is 7.10. The Bertz CT molecular complexity index is 428. The SMILES string of the molecule is C=CCN(CCNS(=O)(=O)CCC)S(C)(=O)=O. The summed E-state index contributed by atoms with van der Waals surface area (Å²) in [5, 5.41) is 0. The normalized spacial score (nSPS) is 12.9. The average Bonchev–Trinajstić information content (AvgIpc) is 2.14. The van der Waals surface area contributed by atoms with E-state index in [4.69, 9.17) is 0 Å². The molecule has 0 aromatic heterocycles. The Hall–Kier alpha value is -0.440. The van der Waals surface area contributed by atoms with Crippen LogP contribution in [0.25, 0.3) is 0 Å². The van der Waals surface area contributed by atoms with E-state index in [1.807, 2.05) is 0 Å². The molecule has 0 saturated heterocycles. The van der Waals surface area contributed by atoms with Crippen LogP contribution in [0.3, 0.4) is 0 Å². The van der Waals surface area contributed by atoms with Crippen LogP contribution < -0.4 is 4.72 Å². The van der Waals surface area contributed by atoms with Crippen LogP contribution in [0.4, 0.5) is 0 Å². The van der Waals surface area contributed by atoms with Crippen molar-refractivity contribution in [3.63, 3.8) is 0 Å². The van der Waals surface area contributed by atoms with Crippen molar-refractivity contribution in [3.05, 3.63) is 12.7 Å². The molecule has 0 aromatic rings. The Balaban J connectivity index is 4.30. The van der Waals surface area contributed by atoms with Gasteiger partial charge in [0.1, 0.15) is 0 Å². The van der Waals surface area contributed by atoms with Gasteiger partial charge in [-0.15, -0.1) is 6.58 Å². The zero-order chi connectivity index (χ0) is 13.5. The molecule has 0 amide bonds. The van der Waals surface area contributed by atoms with Gasteiger partial charge < -0.3 is 0 Å². The molecule has 0 bridgehead atoms. The van der Waals surface area contributed by atoms with Gasteiger partial charge in [0, 0.05) is 19.6 Å². The van der Waals surface area contributed by atoms with Crippen molar-refractivity contribution < 1.29 is 16.8 Å². The lowest BCUT2D eigenvalue weighted by molar-refractivity contribution is 0.447. The van der Waals surface area contributed by atoms with E-state index in [0.29, 0.717) is 6.42 Å². The standard InChI is InChI=1S/C9H20N2O4S2/c1-4-7-11(16(3,12)13)8-6-10-17(14,15)9-5-2/h4,10H,1,5-9H2,2-3H3. The van der Waals surface area contributed by atoms with Crippen molar-refractivity contribution in [3.8, 4) is 0 Å². The van der Waals surface area contributed by atoms with E-state index in [0.717, 1.165) is 10.6 Å². The van der Waals surface area contributed by atoms with Gasteiger partial charge >= 0.3 is 0 Å². The smallest absolute Gasteiger partial charge is 0.211 e. The van der Waals surface area contributed by atoms with E-state index < -0.39 is 20.0 Å². The quantitative estimate of drug-likeness (QED) is 0.593. The summed E-state index contributed by atoms with van der Waals surface area (Å²) in [4.78, 5) is 0. The molecule has 0 aromatic carbocycles. The van der Waals surface area contributed by atoms with Crippen molar-refractivity contribution in [2.45, 2.75) is 13.3 Å². The zero-order valence-electron chi connectivity index (χ0n) is 10.2. The number of hydrogen-bond acceptors (Lipinski definition) is 4. The van der Waals surface area contributed by atoms with Gasteiger partial charge in [-0.25, -0.2) is 21.6 Å². The van der Waals surface area contributed by atoms with Crippen LogP contribution in [0.1, 0.15) is 13.3 Å². The number of sulfonamides is 2. The summed E-state index contributed by atoms with van der Waals surface area (Å²) in [6.07, 6.45) is 3.07. The van der Waals surface area contributed by atoms with Crippen molar-refractivity contribution in [2.24, 2.45) is 0 Å². The molecule has 0 aliphatic rings. The van der Waals surface area contributed by atoms with Gasteiger partial charge in [-0.3, -0.25) is 0 Å². The molecule has 0 unspecified atom stereocenters. The monoisotopic (exact) mass is 284 g/mol. The van der Waals surface area contributed by atoms with Crippen LogP contribution in [0.2, 0.25) is 0 Å². The molecular formula is C9H20N2O4S2. The number of nitrogens with zero attached hydrogens (tertiary/aromatic N) is 1. The molecule has 6 nitrogen and oxygen atoms in total. The predicted octanol–water partition coefficient (Wildman–Crippen LogP) is -0.237. The highest BCUT2D eigenvalue weighted by Gasteiger charge is 2.15. The molecule has 0 rings (SSSR count). The van der Waals surface area contributed by atoms with Gasteiger partial charge in [0.05, 0.1) is 12.0 Å². The Morgan fingerprint density at radius 1 is 1.29 bits per heavy atom. The van der Waals surface area contributed by atoms with E-state index in [1.54, 1.807) is 6.92 Å². The van der Waals surface area contributed by atoms with Crippen LogP contribution in [0.15, 0.2) is 12.7 Å². The van der Waals surface area contributed by atoms with Crippen molar-refractivity contribution in [1.82, 2.24) is 9.03 Å². The lowest BCUT2D eigenvalue weighted by atomic mass is 10.5. The third kappa shape index (κ3) is 7.48. The highest BCUT2D eigenvalue weighted by molar-refractivity contribution is 7.89. The topological polar surface area (TPSA) is 83.6 Å². The van der Waals surface area contributed by atoms with E-state index in [9.17, 15) is 16.8 Å². The maximum Gasteiger partial charge on any atom is 0.211 e. The zero-order valence-corrected chi connectivity index (χ0v) is 11.8. The molecule has 8 heteroatoms. The lowest BCUT2D eigenvalue weighted by Gasteiger charge is -2.18. The van der Waals surface area contributed by atoms with E-state index in [1.165, 1.54) is 6.08 Å². The average molecular weight is 284 g/mol. The molecule has 1 N–H and O–H groups in total. The summed E-state index contributed by atoms with van der Waals surface area (Å²) in [6, 6.07) is 0. The number of nitrogens with one attached hydrogen (secondary N) is 1. The van der Waals surface area contributed by atoms with Gasteiger partial charge in [0.25, 0.3) is 0 Å². The Morgan fingerprint density at radius 2 is 1.88 bits per heavy atom. The molecule has 0 radical (unpaired) electrons. The lowest BCUT2D eigenvalue weighted by Crippen LogP contribution is -2.38. The van der Waals surface area contributed by atoms with Gasteiger partial charge in [-0.2, -0.15) is 4.31 Å². The fraction of sp³-hybridized carbons (Fsp3) is 0.778. The number of rotatable bonds is 9. The summed E-state index contributed by atoms with van der Waals surface area (Å²) in [6.45, 7) is 5.57. The van der Waals surface area contributed by atoms with Crippen molar-refractivity contribution in [1.29, 1.82) is 0 Å². The van der Waals surface area contributed by atoms with Crippen molar-refractivity contribution in [2.75, 3.05) is 31.6 Å². The fourth-order valence-electron chi connectivity index (χ4n) is 1.20. The largest absolute Gasteiger partial charge is 0.214 e. The maximum atomic E-state index is 11.3. The molecule has 0 atom stereocenters. The second-order valence-electron chi connectivity index (χ2n) is 3.62. The fourth-order valence-corrected chi connectivity index (χ4v) is 3.09. The molecular weight excluding hydrogens is 264 g/mol. The highest BCUT2D eigenvalue weighted by Crippen LogP contribution is 1.97. The van der Waals surface area contributed by atoms with E-state index in [2.05, 4.69) is 11.3 Å². The molecule has 17 heavy (non-hydrogen) atoms. The van der Waals surface area contributed by atoms with E-state index >= 15 is 0 Å². The molecule has 0 aliphatic carbocycles. The summed E-state index contributed by atoms with van der Waals surface area (Å²) < 4.78 is 48.8. The first-order chi connectivity index (χ1) is 7.73. The van der Waals surface area contributed by atoms with Gasteiger partial charge in [-0.05, 0) is 6.42 Å². The Labute approximate surface area is 104 Å². The second-order valence-corrected chi connectivity index (χ2v) is 7.53. The van der Waals surface area contributed by atoms with Crippen LogP contribution in [-0.2, 0) is 20.0 Å². The maximum absolute atomic E-state index is 11.3. The highest BCUT2D eigenvalue weighted by atomic mass is 32.2. The van der Waals surface area contributed by atoms with Gasteiger partial charge in [0.2, 0.25) is 20.0 Å². The van der Waals surface area contributed by atoms with Crippen molar-refractivity contribution >= 4 is 20.0 Å². The minimum Gasteiger partial charge on any atom is -0.214 e. The number of hydrogen-bond donors (Lipinski definition) is 1. The third-order valence-electron chi connectivity index (χ3n) is 1.96. The van der Waals surface area contributed by atoms with Crippen LogP contribution in [-0.4, -0.2) is 52.8 Å². The predicted molar refractivity (Wildman–Crippen MR) is 68.7 cm³/mol. The van der Waals surface area contributed by atoms with E-state index in [-0.39, 0.29) is 25.4 Å². The molecule has 0 spiro atoms. The van der Waals surface area contributed by atoms with Crippen LogP contribution >= 0.6 is 0 Å². The minimum atomic E-state index is -3.33. The molecule has 0 heterocycles. The Morgan fingerprint density at radius 3 is 2.29 bits per heavy atom. The first-order valence-electron chi connectivity index (χ1n) is 5.26.